The molecule has 0 unspecified atom stereocenters. The Hall–Kier alpha value is -4.78. The van der Waals surface area contributed by atoms with Crippen molar-refractivity contribution in [1.29, 1.82) is 0 Å². The molecule has 1 heterocycles. The van der Waals surface area contributed by atoms with Gasteiger partial charge < -0.3 is 10.6 Å². The van der Waals surface area contributed by atoms with Gasteiger partial charge in [0.1, 0.15) is 11.6 Å². The van der Waals surface area contributed by atoms with Crippen LogP contribution < -0.4 is 10.6 Å². The summed E-state index contributed by atoms with van der Waals surface area (Å²) in [6.45, 7) is 1.87. The van der Waals surface area contributed by atoms with Gasteiger partial charge in [0.15, 0.2) is 0 Å². The van der Waals surface area contributed by atoms with Gasteiger partial charge in [0.2, 0.25) is 5.91 Å². The number of anilines is 2. The first-order valence-corrected chi connectivity index (χ1v) is 11.5. The molecule has 0 bridgehead atoms. The van der Waals surface area contributed by atoms with Gasteiger partial charge in [-0.2, -0.15) is 0 Å². The summed E-state index contributed by atoms with van der Waals surface area (Å²) in [6, 6.07) is 27.9. The van der Waals surface area contributed by atoms with E-state index in [1.807, 2.05) is 54.0 Å². The molecular formula is C29H23FN4O2. The Bertz CT molecular complexity index is 1540. The zero-order valence-corrected chi connectivity index (χ0v) is 19.5. The molecule has 0 aliphatic heterocycles. The number of amides is 2. The van der Waals surface area contributed by atoms with Crippen molar-refractivity contribution in [3.05, 3.63) is 120 Å². The number of benzene rings is 4. The zero-order valence-electron chi connectivity index (χ0n) is 19.5. The van der Waals surface area contributed by atoms with Gasteiger partial charge in [-0.1, -0.05) is 30.3 Å². The smallest absolute Gasteiger partial charge is 0.255 e. The standard InChI is InChI=1S/C29H23FN4O2/c1-19-31-26-16-9-21(18-27(26)34(19)25-14-10-22(30)11-15-25)29(36)33-24-12-7-20(8-13-24)17-28(35)32-23-5-3-2-4-6-23/h2-16,18H,17H2,1H3,(H,32,35)(H,33,36). The molecule has 2 N–H and O–H groups in total. The Balaban J connectivity index is 1.29. The summed E-state index contributed by atoms with van der Waals surface area (Å²) in [4.78, 5) is 29.8. The van der Waals surface area contributed by atoms with Gasteiger partial charge in [0.25, 0.3) is 5.91 Å². The average molecular weight is 479 g/mol. The Morgan fingerprint density at radius 1 is 0.833 bits per heavy atom. The molecule has 0 saturated carbocycles. The monoisotopic (exact) mass is 478 g/mol. The van der Waals surface area contributed by atoms with Crippen LogP contribution in [0.4, 0.5) is 15.8 Å². The van der Waals surface area contributed by atoms with E-state index < -0.39 is 0 Å². The second-order valence-electron chi connectivity index (χ2n) is 8.42. The third-order valence-corrected chi connectivity index (χ3v) is 5.80. The highest BCUT2D eigenvalue weighted by atomic mass is 19.1. The summed E-state index contributed by atoms with van der Waals surface area (Å²) in [6.07, 6.45) is 0.229. The van der Waals surface area contributed by atoms with Crippen molar-refractivity contribution >= 4 is 34.2 Å². The van der Waals surface area contributed by atoms with Gasteiger partial charge in [-0.25, -0.2) is 9.37 Å². The first-order valence-electron chi connectivity index (χ1n) is 11.5. The molecule has 2 amide bonds. The fourth-order valence-electron chi connectivity index (χ4n) is 4.07. The van der Waals surface area contributed by atoms with Gasteiger partial charge >= 0.3 is 0 Å². The average Bonchev–Trinajstić information content (AvgIpc) is 3.21. The van der Waals surface area contributed by atoms with E-state index in [0.717, 1.165) is 33.8 Å². The van der Waals surface area contributed by atoms with Crippen LogP contribution in [-0.2, 0) is 11.2 Å². The van der Waals surface area contributed by atoms with E-state index in [1.165, 1.54) is 12.1 Å². The van der Waals surface area contributed by atoms with Gasteiger partial charge in [0, 0.05) is 22.6 Å². The van der Waals surface area contributed by atoms with E-state index in [1.54, 1.807) is 42.5 Å². The van der Waals surface area contributed by atoms with Crippen LogP contribution in [0.2, 0.25) is 0 Å². The molecule has 4 aromatic carbocycles. The summed E-state index contributed by atoms with van der Waals surface area (Å²) in [5.74, 6) is 0.0418. The number of hydrogen-bond acceptors (Lipinski definition) is 3. The van der Waals surface area contributed by atoms with E-state index in [4.69, 9.17) is 0 Å². The number of halogens is 1. The second-order valence-corrected chi connectivity index (χ2v) is 8.42. The van der Waals surface area contributed by atoms with Crippen LogP contribution in [0.15, 0.2) is 97.1 Å². The van der Waals surface area contributed by atoms with Crippen molar-refractivity contribution in [3.63, 3.8) is 0 Å². The molecule has 0 atom stereocenters. The minimum Gasteiger partial charge on any atom is -0.326 e. The Labute approximate surface area is 207 Å². The first-order chi connectivity index (χ1) is 17.5. The van der Waals surface area contributed by atoms with Crippen LogP contribution in [-0.4, -0.2) is 21.4 Å². The third-order valence-electron chi connectivity index (χ3n) is 5.80. The van der Waals surface area contributed by atoms with Crippen LogP contribution in [0.25, 0.3) is 16.7 Å². The maximum Gasteiger partial charge on any atom is 0.255 e. The molecule has 36 heavy (non-hydrogen) atoms. The van der Waals surface area contributed by atoms with E-state index in [0.29, 0.717) is 11.3 Å². The van der Waals surface area contributed by atoms with E-state index in [2.05, 4.69) is 15.6 Å². The first kappa shape index (κ1) is 23.0. The molecule has 6 nitrogen and oxygen atoms in total. The van der Waals surface area contributed by atoms with Gasteiger partial charge in [0.05, 0.1) is 17.5 Å². The summed E-state index contributed by atoms with van der Waals surface area (Å²) >= 11 is 0. The number of aromatic nitrogens is 2. The highest BCUT2D eigenvalue weighted by molar-refractivity contribution is 6.06. The highest BCUT2D eigenvalue weighted by Gasteiger charge is 2.14. The van der Waals surface area contributed by atoms with Crippen LogP contribution in [0.5, 0.6) is 0 Å². The predicted molar refractivity (Wildman–Crippen MR) is 139 cm³/mol. The number of aryl methyl sites for hydroxylation is 1. The molecule has 0 spiro atoms. The summed E-state index contributed by atoms with van der Waals surface area (Å²) < 4.78 is 15.3. The Morgan fingerprint density at radius 3 is 2.25 bits per heavy atom. The number of carbonyl (C=O) groups excluding carboxylic acids is 2. The van der Waals surface area contributed by atoms with Crippen LogP contribution in [0.3, 0.4) is 0 Å². The van der Waals surface area contributed by atoms with Crippen LogP contribution >= 0.6 is 0 Å². The molecule has 5 rings (SSSR count). The van der Waals surface area contributed by atoms with Crippen molar-refractivity contribution in [2.24, 2.45) is 0 Å². The molecule has 0 saturated heterocycles. The summed E-state index contributed by atoms with van der Waals surface area (Å²) in [5, 5.41) is 5.76. The van der Waals surface area contributed by atoms with Gasteiger partial charge in [-0.15, -0.1) is 0 Å². The lowest BCUT2D eigenvalue weighted by molar-refractivity contribution is -0.115. The fourth-order valence-corrected chi connectivity index (χ4v) is 4.07. The molecule has 7 heteroatoms. The minimum absolute atomic E-state index is 0.112. The normalized spacial score (nSPS) is 10.8. The molecule has 0 fully saturated rings. The Kier molecular flexibility index (Phi) is 6.28. The molecule has 1 aromatic heterocycles. The quantitative estimate of drug-likeness (QED) is 0.319. The molecule has 0 radical (unpaired) electrons. The van der Waals surface area contributed by atoms with Crippen molar-refractivity contribution in [2.45, 2.75) is 13.3 Å². The molecule has 178 valence electrons. The Morgan fingerprint density at radius 2 is 1.53 bits per heavy atom. The number of nitrogens with one attached hydrogen (secondary N) is 2. The summed E-state index contributed by atoms with van der Waals surface area (Å²) in [7, 11) is 0. The number of fused-ring (bicyclic) bond motifs is 1. The third kappa shape index (κ3) is 5.00. The van der Waals surface area contributed by atoms with Crippen LogP contribution in [0, 0.1) is 12.7 Å². The second kappa shape index (κ2) is 9.84. The maximum absolute atomic E-state index is 13.4. The molecule has 0 aliphatic carbocycles. The number of carbonyl (C=O) groups is 2. The highest BCUT2D eigenvalue weighted by Crippen LogP contribution is 2.23. The lowest BCUT2D eigenvalue weighted by Crippen LogP contribution is -2.14. The largest absolute Gasteiger partial charge is 0.326 e. The topological polar surface area (TPSA) is 76.0 Å². The number of para-hydroxylation sites is 1. The van der Waals surface area contributed by atoms with Crippen LogP contribution in [0.1, 0.15) is 21.7 Å². The van der Waals surface area contributed by atoms with Crippen molar-refractivity contribution in [1.82, 2.24) is 9.55 Å². The lowest BCUT2D eigenvalue weighted by Gasteiger charge is -2.09. The van der Waals surface area contributed by atoms with Crippen molar-refractivity contribution in [2.75, 3.05) is 10.6 Å². The number of nitrogens with zero attached hydrogens (tertiary/aromatic N) is 2. The van der Waals surface area contributed by atoms with E-state index in [-0.39, 0.29) is 24.1 Å². The predicted octanol–water partition coefficient (Wildman–Crippen LogP) is 5.91. The minimum atomic E-state index is -0.316. The summed E-state index contributed by atoms with van der Waals surface area (Å²) in [5.41, 5.74) is 4.94. The zero-order chi connectivity index (χ0) is 25.1. The van der Waals surface area contributed by atoms with E-state index >= 15 is 0 Å². The molecule has 5 aromatic rings. The number of imidazole rings is 1. The van der Waals surface area contributed by atoms with Crippen molar-refractivity contribution in [3.8, 4) is 5.69 Å². The van der Waals surface area contributed by atoms with E-state index in [9.17, 15) is 14.0 Å². The number of hydrogen-bond donors (Lipinski definition) is 2. The fraction of sp³-hybridized carbons (Fsp3) is 0.0690. The van der Waals surface area contributed by atoms with Gasteiger partial charge in [-0.3, -0.25) is 14.2 Å². The maximum atomic E-state index is 13.4. The van der Waals surface area contributed by atoms with Gasteiger partial charge in [-0.05, 0) is 79.2 Å². The SMILES string of the molecule is Cc1nc2ccc(C(=O)Nc3ccc(CC(=O)Nc4ccccc4)cc3)cc2n1-c1ccc(F)cc1. The lowest BCUT2D eigenvalue weighted by atomic mass is 10.1. The van der Waals surface area contributed by atoms with Crippen molar-refractivity contribution < 1.29 is 14.0 Å². The number of rotatable bonds is 6. The molecular weight excluding hydrogens is 455 g/mol. The molecule has 0 aliphatic rings.